The van der Waals surface area contributed by atoms with E-state index in [0.29, 0.717) is 37.5 Å². The lowest BCUT2D eigenvalue weighted by Gasteiger charge is -2.30. The molecule has 1 saturated heterocycles. The molecule has 5 rings (SSSR count). The number of thiazole rings is 1. The highest BCUT2D eigenvalue weighted by Crippen LogP contribution is 2.31. The topological polar surface area (TPSA) is 104 Å². The largest absolute Gasteiger partial charge is 0.451 e. The van der Waals surface area contributed by atoms with Crippen LogP contribution >= 0.6 is 11.3 Å². The molecule has 3 aromatic heterocycles. The van der Waals surface area contributed by atoms with Gasteiger partial charge in [0.15, 0.2) is 5.76 Å². The van der Waals surface area contributed by atoms with E-state index < -0.39 is 0 Å². The molecule has 8 nitrogen and oxygen atoms in total. The summed E-state index contributed by atoms with van der Waals surface area (Å²) in [6.45, 7) is 1.81. The number of nitrogens with one attached hydrogen (secondary N) is 2. The van der Waals surface area contributed by atoms with Crippen molar-refractivity contribution in [2.24, 2.45) is 0 Å². The molecule has 0 radical (unpaired) electrons. The smallest absolute Gasteiger partial charge is 0.289 e. The number of furan rings is 1. The van der Waals surface area contributed by atoms with E-state index in [-0.39, 0.29) is 17.7 Å². The minimum atomic E-state index is -0.162. The third-order valence-electron chi connectivity index (χ3n) is 5.76. The van der Waals surface area contributed by atoms with Gasteiger partial charge >= 0.3 is 0 Å². The molecule has 1 aliphatic rings. The zero-order valence-corrected chi connectivity index (χ0v) is 18.2. The average Bonchev–Trinajstić information content (AvgIpc) is 3.59. The monoisotopic (exact) mass is 449 g/mol. The van der Waals surface area contributed by atoms with Crippen LogP contribution in [0.25, 0.3) is 11.0 Å². The molecule has 1 fully saturated rings. The number of H-pyrrole nitrogens is 1. The van der Waals surface area contributed by atoms with Crippen LogP contribution in [0.5, 0.6) is 0 Å². The van der Waals surface area contributed by atoms with E-state index in [0.717, 1.165) is 34.5 Å². The van der Waals surface area contributed by atoms with E-state index in [9.17, 15) is 9.59 Å². The summed E-state index contributed by atoms with van der Waals surface area (Å²) in [5.74, 6) is 0.403. The van der Waals surface area contributed by atoms with Crippen molar-refractivity contribution in [2.45, 2.75) is 25.2 Å². The third-order valence-corrected chi connectivity index (χ3v) is 6.76. The van der Waals surface area contributed by atoms with Crippen LogP contribution in [-0.2, 0) is 6.42 Å². The molecule has 0 atom stereocenters. The molecule has 9 heteroatoms. The lowest BCUT2D eigenvalue weighted by Crippen LogP contribution is -2.37. The molecule has 1 aliphatic heterocycles. The first kappa shape index (κ1) is 20.4. The SMILES string of the molecule is O=C(NCCc1cnc[nH]1)c1csc(C2CCN(C(=O)c3cc4ccccc4o3)CC2)n1. The number of amides is 2. The second kappa shape index (κ2) is 8.96. The van der Waals surface area contributed by atoms with Crippen molar-refractivity contribution in [3.63, 3.8) is 0 Å². The summed E-state index contributed by atoms with van der Waals surface area (Å²) in [7, 11) is 0. The third kappa shape index (κ3) is 4.29. The molecule has 2 amide bonds. The van der Waals surface area contributed by atoms with Gasteiger partial charge in [0.25, 0.3) is 11.8 Å². The summed E-state index contributed by atoms with van der Waals surface area (Å²) in [5, 5.41) is 6.60. The lowest BCUT2D eigenvalue weighted by molar-refractivity contribution is 0.0683. The highest BCUT2D eigenvalue weighted by atomic mass is 32.1. The van der Waals surface area contributed by atoms with Crippen molar-refractivity contribution in [3.05, 3.63) is 70.4 Å². The molecule has 1 aromatic carbocycles. The summed E-state index contributed by atoms with van der Waals surface area (Å²) >= 11 is 1.51. The second-order valence-corrected chi connectivity index (χ2v) is 8.76. The van der Waals surface area contributed by atoms with E-state index in [1.54, 1.807) is 12.5 Å². The molecule has 4 heterocycles. The van der Waals surface area contributed by atoms with Crippen molar-refractivity contribution in [3.8, 4) is 0 Å². The van der Waals surface area contributed by atoms with Gasteiger partial charge in [-0.05, 0) is 25.0 Å². The number of piperidine rings is 1. The van der Waals surface area contributed by atoms with Crippen molar-refractivity contribution in [1.82, 2.24) is 25.2 Å². The first-order valence-corrected chi connectivity index (χ1v) is 11.5. The highest BCUT2D eigenvalue weighted by Gasteiger charge is 2.28. The van der Waals surface area contributed by atoms with Crippen molar-refractivity contribution in [2.75, 3.05) is 19.6 Å². The standard InChI is InChI=1S/C23H23N5O3S/c29-21(25-8-5-17-12-24-14-26-17)18-13-32-22(27-18)15-6-9-28(10-7-15)23(30)20-11-16-3-1-2-4-19(16)31-20/h1-4,11-15H,5-10H2,(H,24,26)(H,25,29). The Hall–Kier alpha value is -3.46. The number of aromatic nitrogens is 3. The number of likely N-dealkylation sites (tertiary alicyclic amines) is 1. The number of hydrogen-bond donors (Lipinski definition) is 2. The molecule has 0 saturated carbocycles. The zero-order valence-electron chi connectivity index (χ0n) is 17.4. The highest BCUT2D eigenvalue weighted by molar-refractivity contribution is 7.09. The van der Waals surface area contributed by atoms with Crippen molar-refractivity contribution in [1.29, 1.82) is 0 Å². The summed E-state index contributed by atoms with van der Waals surface area (Å²) in [6, 6.07) is 9.44. The lowest BCUT2D eigenvalue weighted by atomic mass is 9.97. The molecule has 0 bridgehead atoms. The zero-order chi connectivity index (χ0) is 21.9. The molecule has 164 valence electrons. The predicted octanol–water partition coefficient (Wildman–Crippen LogP) is 3.60. The first-order valence-electron chi connectivity index (χ1n) is 10.7. The molecule has 0 spiro atoms. The number of rotatable bonds is 6. The summed E-state index contributed by atoms with van der Waals surface area (Å²) in [5.41, 5.74) is 2.16. The Labute approximate surface area is 188 Å². The van der Waals surface area contributed by atoms with E-state index in [1.165, 1.54) is 11.3 Å². The molecular weight excluding hydrogens is 426 g/mol. The number of aromatic amines is 1. The van der Waals surface area contributed by atoms with Crippen molar-refractivity contribution >= 4 is 34.1 Å². The van der Waals surface area contributed by atoms with Crippen LogP contribution in [0.1, 0.15) is 50.5 Å². The van der Waals surface area contributed by atoms with Gasteiger partial charge in [0, 0.05) is 54.6 Å². The van der Waals surface area contributed by atoms with Gasteiger partial charge in [0.1, 0.15) is 11.3 Å². The van der Waals surface area contributed by atoms with Gasteiger partial charge in [-0.1, -0.05) is 18.2 Å². The number of carbonyl (C=O) groups is 2. The van der Waals surface area contributed by atoms with Crippen molar-refractivity contribution < 1.29 is 14.0 Å². The Balaban J connectivity index is 1.14. The van der Waals surface area contributed by atoms with Gasteiger partial charge in [0.05, 0.1) is 11.3 Å². The molecule has 0 unspecified atom stereocenters. The number of carbonyl (C=O) groups excluding carboxylic acids is 2. The molecule has 4 aromatic rings. The number of imidazole rings is 1. The molecular formula is C23H23N5O3S. The Morgan fingerprint density at radius 1 is 1.25 bits per heavy atom. The van der Waals surface area contributed by atoms with E-state index in [1.807, 2.05) is 40.6 Å². The van der Waals surface area contributed by atoms with Gasteiger partial charge in [0.2, 0.25) is 0 Å². The summed E-state index contributed by atoms with van der Waals surface area (Å²) in [4.78, 5) is 38.6. The van der Waals surface area contributed by atoms with Crippen LogP contribution in [0.4, 0.5) is 0 Å². The molecule has 32 heavy (non-hydrogen) atoms. The van der Waals surface area contributed by atoms with Crippen LogP contribution in [-0.4, -0.2) is 51.3 Å². The van der Waals surface area contributed by atoms with Crippen LogP contribution in [0, 0.1) is 0 Å². The Morgan fingerprint density at radius 3 is 2.88 bits per heavy atom. The van der Waals surface area contributed by atoms with Crippen LogP contribution < -0.4 is 5.32 Å². The average molecular weight is 450 g/mol. The summed E-state index contributed by atoms with van der Waals surface area (Å²) in [6.07, 6.45) is 5.71. The van der Waals surface area contributed by atoms with Gasteiger partial charge < -0.3 is 19.6 Å². The van der Waals surface area contributed by atoms with Gasteiger partial charge in [-0.15, -0.1) is 11.3 Å². The molecule has 0 aliphatic carbocycles. The maximum Gasteiger partial charge on any atom is 0.289 e. The minimum absolute atomic E-state index is 0.0730. The maximum atomic E-state index is 12.9. The first-order chi connectivity index (χ1) is 15.7. The van der Waals surface area contributed by atoms with Crippen LogP contribution in [0.3, 0.4) is 0 Å². The predicted molar refractivity (Wildman–Crippen MR) is 121 cm³/mol. The number of hydrogen-bond acceptors (Lipinski definition) is 6. The van der Waals surface area contributed by atoms with Gasteiger partial charge in [-0.2, -0.15) is 0 Å². The minimum Gasteiger partial charge on any atom is -0.451 e. The number of nitrogens with zero attached hydrogens (tertiary/aromatic N) is 3. The Bertz CT molecular complexity index is 1190. The molecule has 2 N–H and O–H groups in total. The number of fused-ring (bicyclic) bond motifs is 1. The maximum absolute atomic E-state index is 12.9. The van der Waals surface area contributed by atoms with Crippen LogP contribution in [0.15, 0.2) is 52.7 Å². The fourth-order valence-electron chi connectivity index (χ4n) is 3.97. The van der Waals surface area contributed by atoms with E-state index in [4.69, 9.17) is 4.42 Å². The fourth-order valence-corrected chi connectivity index (χ4v) is 4.95. The summed E-state index contributed by atoms with van der Waals surface area (Å²) < 4.78 is 5.73. The second-order valence-electron chi connectivity index (χ2n) is 7.87. The van der Waals surface area contributed by atoms with Gasteiger partial charge in [-0.3, -0.25) is 9.59 Å². The van der Waals surface area contributed by atoms with Crippen LogP contribution in [0.2, 0.25) is 0 Å². The number of benzene rings is 1. The fraction of sp³-hybridized carbons (Fsp3) is 0.304. The normalized spacial score (nSPS) is 14.7. The van der Waals surface area contributed by atoms with Gasteiger partial charge in [-0.25, -0.2) is 9.97 Å². The van der Waals surface area contributed by atoms with E-state index in [2.05, 4.69) is 20.3 Å². The Morgan fingerprint density at radius 2 is 2.09 bits per heavy atom. The Kier molecular flexibility index (Phi) is 5.72. The quantitative estimate of drug-likeness (QED) is 0.468. The number of para-hydroxylation sites is 1. The van der Waals surface area contributed by atoms with E-state index >= 15 is 0 Å².